The molecule has 1 saturated heterocycles. The van der Waals surface area contributed by atoms with Crippen molar-refractivity contribution in [2.24, 2.45) is 0 Å². The average Bonchev–Trinajstić information content (AvgIpc) is 3.45. The minimum absolute atomic E-state index is 0.217. The summed E-state index contributed by atoms with van der Waals surface area (Å²) in [5.74, 6) is -0.0120. The number of hydrogen-bond donors (Lipinski definition) is 1. The highest BCUT2D eigenvalue weighted by Gasteiger charge is 2.55. The van der Waals surface area contributed by atoms with E-state index in [0.717, 1.165) is 29.1 Å². The lowest BCUT2D eigenvalue weighted by molar-refractivity contribution is -0.132. The van der Waals surface area contributed by atoms with Crippen molar-refractivity contribution in [3.8, 4) is 5.75 Å². The molecule has 7 heteroatoms. The molecular weight excluding hydrogens is 370 g/mol. The number of fused-ring (bicyclic) bond motifs is 2. The minimum Gasteiger partial charge on any atom is -0.493 e. The number of ether oxygens (including phenoxy) is 1. The molecule has 1 aliphatic carbocycles. The fourth-order valence-corrected chi connectivity index (χ4v) is 4.70. The number of nitrogens with zero attached hydrogens (tertiary/aromatic N) is 2. The van der Waals surface area contributed by atoms with Crippen molar-refractivity contribution in [2.45, 2.75) is 44.7 Å². The number of carbonyl (C=O) groups excluding carboxylic acids is 3. The van der Waals surface area contributed by atoms with E-state index in [1.807, 2.05) is 32.0 Å². The van der Waals surface area contributed by atoms with Gasteiger partial charge in [0.05, 0.1) is 13.2 Å². The maximum atomic E-state index is 13.3. The number of imide groups is 1. The van der Waals surface area contributed by atoms with Crippen molar-refractivity contribution < 1.29 is 19.1 Å². The van der Waals surface area contributed by atoms with Gasteiger partial charge in [0.1, 0.15) is 5.75 Å². The SMILES string of the molecule is Cc1cc(C(=O)CN2C(=O)NC3(CCOc4ccccc43)C2=O)c(C)n1C1CC1. The summed E-state index contributed by atoms with van der Waals surface area (Å²) >= 11 is 0. The molecule has 2 fully saturated rings. The number of aromatic nitrogens is 1. The van der Waals surface area contributed by atoms with E-state index in [1.54, 1.807) is 12.1 Å². The Labute approximate surface area is 168 Å². The zero-order valence-corrected chi connectivity index (χ0v) is 16.5. The van der Waals surface area contributed by atoms with Crippen molar-refractivity contribution in [2.75, 3.05) is 13.2 Å². The fourth-order valence-electron chi connectivity index (χ4n) is 4.70. The van der Waals surface area contributed by atoms with Crippen molar-refractivity contribution >= 4 is 17.7 Å². The van der Waals surface area contributed by atoms with Crippen LogP contribution in [0.25, 0.3) is 0 Å². The quantitative estimate of drug-likeness (QED) is 0.640. The van der Waals surface area contributed by atoms with Gasteiger partial charge in [0.2, 0.25) is 0 Å². The van der Waals surface area contributed by atoms with Crippen molar-refractivity contribution in [3.05, 3.63) is 52.8 Å². The van der Waals surface area contributed by atoms with Crippen molar-refractivity contribution in [1.82, 2.24) is 14.8 Å². The summed E-state index contributed by atoms with van der Waals surface area (Å²) < 4.78 is 7.84. The van der Waals surface area contributed by atoms with Gasteiger partial charge in [0, 0.05) is 35.0 Å². The topological polar surface area (TPSA) is 80.6 Å². The Morgan fingerprint density at radius 3 is 2.76 bits per heavy atom. The molecular formula is C22H23N3O4. The van der Waals surface area contributed by atoms with E-state index < -0.39 is 11.6 Å². The Balaban J connectivity index is 1.44. The molecule has 3 amide bonds. The average molecular weight is 393 g/mol. The highest BCUT2D eigenvalue weighted by molar-refractivity contribution is 6.12. The maximum Gasteiger partial charge on any atom is 0.325 e. The second kappa shape index (κ2) is 6.20. The van der Waals surface area contributed by atoms with Gasteiger partial charge in [-0.05, 0) is 38.8 Å². The van der Waals surface area contributed by atoms with Gasteiger partial charge in [-0.3, -0.25) is 14.5 Å². The first kappa shape index (κ1) is 18.0. The second-order valence-electron chi connectivity index (χ2n) is 8.13. The largest absolute Gasteiger partial charge is 0.493 e. The zero-order valence-electron chi connectivity index (χ0n) is 16.5. The predicted molar refractivity (Wildman–Crippen MR) is 105 cm³/mol. The summed E-state index contributed by atoms with van der Waals surface area (Å²) in [6.45, 7) is 3.99. The second-order valence-corrected chi connectivity index (χ2v) is 8.13. The van der Waals surface area contributed by atoms with Gasteiger partial charge in [0.25, 0.3) is 5.91 Å². The molecule has 1 spiro atoms. The van der Waals surface area contributed by atoms with E-state index in [0.29, 0.717) is 35.9 Å². The van der Waals surface area contributed by atoms with E-state index in [1.165, 1.54) is 0 Å². The molecule has 0 radical (unpaired) electrons. The number of urea groups is 1. The van der Waals surface area contributed by atoms with Crippen LogP contribution in [0, 0.1) is 13.8 Å². The number of ketones is 1. The Bertz CT molecular complexity index is 1050. The molecule has 1 N–H and O–H groups in total. The number of benzene rings is 1. The van der Waals surface area contributed by atoms with E-state index in [4.69, 9.17) is 4.74 Å². The monoisotopic (exact) mass is 393 g/mol. The third kappa shape index (κ3) is 2.60. The molecule has 1 saturated carbocycles. The van der Waals surface area contributed by atoms with Gasteiger partial charge in [-0.15, -0.1) is 0 Å². The number of aryl methyl sites for hydroxylation is 1. The van der Waals surface area contributed by atoms with Crippen LogP contribution < -0.4 is 10.1 Å². The molecule has 150 valence electrons. The third-order valence-electron chi connectivity index (χ3n) is 6.26. The van der Waals surface area contributed by atoms with Crippen LogP contribution in [-0.2, 0) is 10.3 Å². The van der Waals surface area contributed by atoms with Crippen LogP contribution in [0.2, 0.25) is 0 Å². The molecule has 3 heterocycles. The Morgan fingerprint density at radius 1 is 1.24 bits per heavy atom. The number of rotatable bonds is 4. The minimum atomic E-state index is -1.16. The smallest absolute Gasteiger partial charge is 0.325 e. The molecule has 0 bridgehead atoms. The molecule has 2 aromatic rings. The highest BCUT2D eigenvalue weighted by Crippen LogP contribution is 2.41. The number of para-hydroxylation sites is 1. The van der Waals surface area contributed by atoms with E-state index in [2.05, 4.69) is 9.88 Å². The van der Waals surface area contributed by atoms with Gasteiger partial charge >= 0.3 is 6.03 Å². The highest BCUT2D eigenvalue weighted by atomic mass is 16.5. The van der Waals surface area contributed by atoms with E-state index in [9.17, 15) is 14.4 Å². The van der Waals surface area contributed by atoms with Crippen LogP contribution in [0.15, 0.2) is 30.3 Å². The normalized spacial score (nSPS) is 23.2. The Hall–Kier alpha value is -3.09. The standard InChI is InChI=1S/C22H23N3O4/c1-13-11-16(14(2)25(13)15-7-8-15)18(26)12-24-20(27)22(23-21(24)28)9-10-29-19-6-4-3-5-17(19)22/h3-6,11,15H,7-10,12H2,1-2H3,(H,23,28). The summed E-state index contributed by atoms with van der Waals surface area (Å²) in [6.07, 6.45) is 2.59. The van der Waals surface area contributed by atoms with Crippen LogP contribution in [0.1, 0.15) is 52.6 Å². The zero-order chi connectivity index (χ0) is 20.3. The lowest BCUT2D eigenvalue weighted by Gasteiger charge is -2.33. The first-order chi connectivity index (χ1) is 13.9. The van der Waals surface area contributed by atoms with Gasteiger partial charge in [-0.25, -0.2) is 4.79 Å². The molecule has 3 aliphatic rings. The van der Waals surface area contributed by atoms with Gasteiger partial charge in [0.15, 0.2) is 11.3 Å². The van der Waals surface area contributed by atoms with Crippen LogP contribution >= 0.6 is 0 Å². The number of hydrogen-bond acceptors (Lipinski definition) is 4. The third-order valence-corrected chi connectivity index (χ3v) is 6.26. The van der Waals surface area contributed by atoms with Crippen molar-refractivity contribution in [3.63, 3.8) is 0 Å². The van der Waals surface area contributed by atoms with Crippen LogP contribution in [0.5, 0.6) is 5.75 Å². The molecule has 1 atom stereocenters. The molecule has 1 aromatic carbocycles. The first-order valence-electron chi connectivity index (χ1n) is 10.0. The van der Waals surface area contributed by atoms with Crippen molar-refractivity contribution in [1.29, 1.82) is 0 Å². The van der Waals surface area contributed by atoms with Gasteiger partial charge in [-0.2, -0.15) is 0 Å². The molecule has 1 aromatic heterocycles. The molecule has 5 rings (SSSR count). The predicted octanol–water partition coefficient (Wildman–Crippen LogP) is 2.85. The van der Waals surface area contributed by atoms with Crippen LogP contribution in [0.3, 0.4) is 0 Å². The summed E-state index contributed by atoms with van der Waals surface area (Å²) in [5, 5.41) is 2.84. The fraction of sp³-hybridized carbons (Fsp3) is 0.409. The van der Waals surface area contributed by atoms with E-state index in [-0.39, 0.29) is 18.2 Å². The Morgan fingerprint density at radius 2 is 2.00 bits per heavy atom. The first-order valence-corrected chi connectivity index (χ1v) is 10.0. The number of nitrogens with one attached hydrogen (secondary N) is 1. The molecule has 2 aliphatic heterocycles. The summed E-state index contributed by atoms with van der Waals surface area (Å²) in [4.78, 5) is 40.1. The summed E-state index contributed by atoms with van der Waals surface area (Å²) in [5.41, 5.74) is 2.03. The molecule has 29 heavy (non-hydrogen) atoms. The van der Waals surface area contributed by atoms with Gasteiger partial charge < -0.3 is 14.6 Å². The maximum absolute atomic E-state index is 13.3. The lowest BCUT2D eigenvalue weighted by atomic mass is 9.84. The number of Topliss-reactive ketones (excluding diaryl/α,β-unsaturated/α-hetero) is 1. The van der Waals surface area contributed by atoms with Gasteiger partial charge in [-0.1, -0.05) is 18.2 Å². The molecule has 1 unspecified atom stereocenters. The van der Waals surface area contributed by atoms with E-state index >= 15 is 0 Å². The number of amides is 3. The lowest BCUT2D eigenvalue weighted by Crippen LogP contribution is -2.47. The summed E-state index contributed by atoms with van der Waals surface area (Å²) in [7, 11) is 0. The number of carbonyl (C=O) groups is 3. The van der Waals surface area contributed by atoms with Crippen LogP contribution in [0.4, 0.5) is 4.79 Å². The molecule has 7 nitrogen and oxygen atoms in total. The Kier molecular flexibility index (Phi) is 3.84. The van der Waals surface area contributed by atoms with Crippen LogP contribution in [-0.4, -0.2) is 40.3 Å². The summed E-state index contributed by atoms with van der Waals surface area (Å²) in [6, 6.07) is 9.03.